The highest BCUT2D eigenvalue weighted by atomic mass is 32.2. The van der Waals surface area contributed by atoms with E-state index in [0.717, 1.165) is 0 Å². The SMILES string of the molecule is COc1ccc(C(=O)N2CCN(S(=O)(=O)c3ccc4c(c3)NC(=O)CO4)CC2)c(OC)c1. The first kappa shape index (κ1) is 21.9. The lowest BCUT2D eigenvalue weighted by atomic mass is 10.1. The summed E-state index contributed by atoms with van der Waals surface area (Å²) in [7, 11) is -0.800. The van der Waals surface area contributed by atoms with Gasteiger partial charge < -0.3 is 24.4 Å². The lowest BCUT2D eigenvalue weighted by molar-refractivity contribution is -0.118. The molecule has 11 heteroatoms. The molecule has 2 aromatic rings. The molecule has 1 saturated heterocycles. The highest BCUT2D eigenvalue weighted by molar-refractivity contribution is 7.89. The number of carbonyl (C=O) groups is 2. The standard InChI is InChI=1S/C21H23N3O7S/c1-29-14-3-5-16(19(11-14)30-2)21(26)23-7-9-24(10-8-23)32(27,28)15-4-6-18-17(12-15)22-20(25)13-31-18/h3-6,11-12H,7-10,13H2,1-2H3,(H,22,25). The predicted octanol–water partition coefficient (Wildman–Crippen LogP) is 1.18. The summed E-state index contributed by atoms with van der Waals surface area (Å²) in [6, 6.07) is 9.30. The molecule has 32 heavy (non-hydrogen) atoms. The van der Waals surface area contributed by atoms with Crippen molar-refractivity contribution >= 4 is 27.5 Å². The molecule has 0 atom stereocenters. The number of sulfonamides is 1. The van der Waals surface area contributed by atoms with Crippen molar-refractivity contribution in [2.24, 2.45) is 0 Å². The zero-order chi connectivity index (χ0) is 22.9. The smallest absolute Gasteiger partial charge is 0.262 e. The highest BCUT2D eigenvalue weighted by Gasteiger charge is 2.32. The number of benzene rings is 2. The zero-order valence-corrected chi connectivity index (χ0v) is 18.5. The van der Waals surface area contributed by atoms with Gasteiger partial charge in [0, 0.05) is 32.2 Å². The summed E-state index contributed by atoms with van der Waals surface area (Å²) >= 11 is 0. The number of methoxy groups -OCH3 is 2. The molecule has 2 heterocycles. The van der Waals surface area contributed by atoms with Crippen molar-refractivity contribution in [2.75, 3.05) is 52.3 Å². The van der Waals surface area contributed by atoms with Crippen LogP contribution in [0.25, 0.3) is 0 Å². The molecule has 1 N–H and O–H groups in total. The molecule has 0 spiro atoms. The van der Waals surface area contributed by atoms with Gasteiger partial charge in [-0.2, -0.15) is 4.31 Å². The molecule has 2 aliphatic heterocycles. The minimum Gasteiger partial charge on any atom is -0.497 e. The van der Waals surface area contributed by atoms with Gasteiger partial charge in [-0.25, -0.2) is 8.42 Å². The first-order valence-electron chi connectivity index (χ1n) is 9.91. The highest BCUT2D eigenvalue weighted by Crippen LogP contribution is 2.32. The monoisotopic (exact) mass is 461 g/mol. The number of nitrogens with one attached hydrogen (secondary N) is 1. The lowest BCUT2D eigenvalue weighted by Crippen LogP contribution is -2.50. The molecule has 0 aliphatic carbocycles. The second-order valence-corrected chi connectivity index (χ2v) is 9.20. The van der Waals surface area contributed by atoms with Crippen LogP contribution in [0.1, 0.15) is 10.4 Å². The van der Waals surface area contributed by atoms with Gasteiger partial charge in [0.2, 0.25) is 10.0 Å². The van der Waals surface area contributed by atoms with E-state index in [9.17, 15) is 18.0 Å². The Kier molecular flexibility index (Phi) is 5.94. The maximum atomic E-state index is 13.1. The van der Waals surface area contributed by atoms with E-state index in [-0.39, 0.29) is 49.5 Å². The van der Waals surface area contributed by atoms with Crippen LogP contribution in [0.2, 0.25) is 0 Å². The Morgan fingerprint density at radius 1 is 1.03 bits per heavy atom. The molecule has 2 aromatic carbocycles. The Bertz CT molecular complexity index is 1160. The molecule has 2 amide bonds. The number of piperazine rings is 1. The molecule has 4 rings (SSSR count). The van der Waals surface area contributed by atoms with Crippen LogP contribution >= 0.6 is 0 Å². The fourth-order valence-corrected chi connectivity index (χ4v) is 5.10. The van der Waals surface area contributed by atoms with Gasteiger partial charge in [0.1, 0.15) is 17.2 Å². The van der Waals surface area contributed by atoms with Gasteiger partial charge in [-0.15, -0.1) is 0 Å². The quantitative estimate of drug-likeness (QED) is 0.711. The van der Waals surface area contributed by atoms with Gasteiger partial charge in [-0.05, 0) is 30.3 Å². The minimum atomic E-state index is -3.80. The van der Waals surface area contributed by atoms with Crippen molar-refractivity contribution < 1.29 is 32.2 Å². The molecule has 0 unspecified atom stereocenters. The van der Waals surface area contributed by atoms with Crippen LogP contribution in [0.3, 0.4) is 0 Å². The van der Waals surface area contributed by atoms with E-state index in [2.05, 4.69) is 5.32 Å². The molecule has 10 nitrogen and oxygen atoms in total. The second kappa shape index (κ2) is 8.67. The van der Waals surface area contributed by atoms with Crippen molar-refractivity contribution in [1.82, 2.24) is 9.21 Å². The number of ether oxygens (including phenoxy) is 3. The van der Waals surface area contributed by atoms with Crippen molar-refractivity contribution in [3.05, 3.63) is 42.0 Å². The summed E-state index contributed by atoms with van der Waals surface area (Å²) in [5, 5.41) is 2.61. The molecule has 0 aromatic heterocycles. The van der Waals surface area contributed by atoms with Crippen molar-refractivity contribution in [2.45, 2.75) is 4.90 Å². The van der Waals surface area contributed by atoms with Crippen LogP contribution in [0.4, 0.5) is 5.69 Å². The normalized spacial score (nSPS) is 16.6. The van der Waals surface area contributed by atoms with E-state index in [1.165, 1.54) is 36.7 Å². The predicted molar refractivity (Wildman–Crippen MR) is 115 cm³/mol. The molecular formula is C21H23N3O7S. The lowest BCUT2D eigenvalue weighted by Gasteiger charge is -2.34. The van der Waals surface area contributed by atoms with Crippen LogP contribution in [0.5, 0.6) is 17.2 Å². The summed E-state index contributed by atoms with van der Waals surface area (Å²) in [5.41, 5.74) is 0.706. The van der Waals surface area contributed by atoms with Gasteiger partial charge >= 0.3 is 0 Å². The molecule has 170 valence electrons. The Morgan fingerprint density at radius 3 is 2.47 bits per heavy atom. The van der Waals surface area contributed by atoms with Gasteiger partial charge in [-0.3, -0.25) is 9.59 Å². The van der Waals surface area contributed by atoms with E-state index < -0.39 is 10.0 Å². The van der Waals surface area contributed by atoms with E-state index in [1.807, 2.05) is 0 Å². The first-order valence-corrected chi connectivity index (χ1v) is 11.4. The second-order valence-electron chi connectivity index (χ2n) is 7.26. The number of fused-ring (bicyclic) bond motifs is 1. The largest absolute Gasteiger partial charge is 0.497 e. The third kappa shape index (κ3) is 4.08. The molecule has 0 bridgehead atoms. The average molecular weight is 461 g/mol. The van der Waals surface area contributed by atoms with Crippen LogP contribution in [0.15, 0.2) is 41.3 Å². The maximum absolute atomic E-state index is 13.1. The average Bonchev–Trinajstić information content (AvgIpc) is 2.82. The van der Waals surface area contributed by atoms with Gasteiger partial charge in [0.25, 0.3) is 11.8 Å². The Hall–Kier alpha value is -3.31. The number of hydrogen-bond donors (Lipinski definition) is 1. The van der Waals surface area contributed by atoms with Crippen LogP contribution in [-0.2, 0) is 14.8 Å². The van der Waals surface area contributed by atoms with E-state index >= 15 is 0 Å². The minimum absolute atomic E-state index is 0.0543. The fraction of sp³-hybridized carbons (Fsp3) is 0.333. The molecule has 2 aliphatic rings. The fourth-order valence-electron chi connectivity index (χ4n) is 3.65. The van der Waals surface area contributed by atoms with E-state index in [1.54, 1.807) is 23.1 Å². The number of anilines is 1. The Morgan fingerprint density at radius 2 is 1.78 bits per heavy atom. The number of carbonyl (C=O) groups excluding carboxylic acids is 2. The summed E-state index contributed by atoms with van der Waals surface area (Å²) in [5.74, 6) is 0.805. The van der Waals surface area contributed by atoms with Crippen molar-refractivity contribution in [1.29, 1.82) is 0 Å². The number of nitrogens with zero attached hydrogens (tertiary/aromatic N) is 2. The molecular weight excluding hydrogens is 438 g/mol. The van der Waals surface area contributed by atoms with Crippen LogP contribution < -0.4 is 19.5 Å². The Balaban J connectivity index is 1.47. The van der Waals surface area contributed by atoms with Crippen molar-refractivity contribution in [3.63, 3.8) is 0 Å². The van der Waals surface area contributed by atoms with Gasteiger partial charge in [0.15, 0.2) is 6.61 Å². The Labute approximate surface area is 185 Å². The number of hydrogen-bond acceptors (Lipinski definition) is 7. The molecule has 0 radical (unpaired) electrons. The topological polar surface area (TPSA) is 114 Å². The third-order valence-corrected chi connectivity index (χ3v) is 7.28. The molecule has 0 saturated carbocycles. The summed E-state index contributed by atoms with van der Waals surface area (Å²) in [6.45, 7) is 0.656. The number of amides is 2. The third-order valence-electron chi connectivity index (χ3n) is 5.39. The van der Waals surface area contributed by atoms with E-state index in [0.29, 0.717) is 28.5 Å². The van der Waals surface area contributed by atoms with Gasteiger partial charge in [-0.1, -0.05) is 0 Å². The zero-order valence-electron chi connectivity index (χ0n) is 17.7. The van der Waals surface area contributed by atoms with E-state index in [4.69, 9.17) is 14.2 Å². The molecule has 1 fully saturated rings. The van der Waals surface area contributed by atoms with Crippen molar-refractivity contribution in [3.8, 4) is 17.2 Å². The van der Waals surface area contributed by atoms with Gasteiger partial charge in [0.05, 0.1) is 30.4 Å². The first-order chi connectivity index (χ1) is 15.3. The van der Waals surface area contributed by atoms with Crippen LogP contribution in [0, 0.1) is 0 Å². The number of rotatable bonds is 5. The van der Waals surface area contributed by atoms with Crippen LogP contribution in [-0.4, -0.2) is 76.4 Å². The summed E-state index contributed by atoms with van der Waals surface area (Å²) in [6.07, 6.45) is 0. The summed E-state index contributed by atoms with van der Waals surface area (Å²) in [4.78, 5) is 26.2. The summed E-state index contributed by atoms with van der Waals surface area (Å²) < 4.78 is 43.3. The maximum Gasteiger partial charge on any atom is 0.262 e.